The van der Waals surface area contributed by atoms with Gasteiger partial charge < -0.3 is 19.9 Å². The number of ether oxygens (including phenoxy) is 1. The Morgan fingerprint density at radius 1 is 1.19 bits per heavy atom. The predicted octanol–water partition coefficient (Wildman–Crippen LogP) is 2.84. The lowest BCUT2D eigenvalue weighted by Crippen LogP contribution is -2.40. The molecule has 4 heterocycles. The van der Waals surface area contributed by atoms with Crippen LogP contribution in [0.3, 0.4) is 0 Å². The summed E-state index contributed by atoms with van der Waals surface area (Å²) in [5.74, 6) is 3.22. The summed E-state index contributed by atoms with van der Waals surface area (Å²) >= 11 is 0. The van der Waals surface area contributed by atoms with Crippen molar-refractivity contribution in [1.82, 2.24) is 24.6 Å². The van der Waals surface area contributed by atoms with E-state index in [0.29, 0.717) is 44.3 Å². The molecular weight excluding hydrogens is 406 g/mol. The zero-order valence-corrected chi connectivity index (χ0v) is 17.7. The number of H-pyrrole nitrogens is 1. The van der Waals surface area contributed by atoms with Gasteiger partial charge in [-0.25, -0.2) is 4.98 Å². The maximum atomic E-state index is 13.0. The molecule has 6 rings (SSSR count). The third kappa shape index (κ3) is 3.64. The van der Waals surface area contributed by atoms with E-state index < -0.39 is 0 Å². The van der Waals surface area contributed by atoms with Gasteiger partial charge in [-0.3, -0.25) is 14.5 Å². The number of amides is 1. The summed E-state index contributed by atoms with van der Waals surface area (Å²) in [5, 5.41) is 11.0. The Balaban J connectivity index is 1.27. The largest absolute Gasteiger partial charge is 0.378 e. The molecule has 1 amide bonds. The topological polar surface area (TPSA) is 91.3 Å². The smallest absolute Gasteiger partial charge is 0.254 e. The first-order chi connectivity index (χ1) is 15.7. The first-order valence-corrected chi connectivity index (χ1v) is 11.0. The highest BCUT2D eigenvalue weighted by Gasteiger charge is 2.26. The minimum Gasteiger partial charge on any atom is -0.378 e. The molecule has 32 heavy (non-hydrogen) atoms. The predicted molar refractivity (Wildman–Crippen MR) is 120 cm³/mol. The fourth-order valence-corrected chi connectivity index (χ4v) is 4.24. The SMILES string of the molecule is O=C(c1cccc(N2C=C(Nc3cc(C4CC4)[nH]n3)n3ccnc3C2)c1)N1CCOCC1. The monoisotopic (exact) mass is 431 g/mol. The van der Waals surface area contributed by atoms with E-state index in [2.05, 4.69) is 31.5 Å². The van der Waals surface area contributed by atoms with Gasteiger partial charge in [-0.1, -0.05) is 6.07 Å². The summed E-state index contributed by atoms with van der Waals surface area (Å²) in [4.78, 5) is 21.4. The van der Waals surface area contributed by atoms with Crippen LogP contribution in [0.4, 0.5) is 11.5 Å². The molecular formula is C23H25N7O2. The number of nitrogens with zero attached hydrogens (tertiary/aromatic N) is 5. The number of aromatic nitrogens is 4. The number of anilines is 2. The van der Waals surface area contributed by atoms with Crippen LogP contribution >= 0.6 is 0 Å². The third-order valence-electron chi connectivity index (χ3n) is 6.16. The number of aromatic amines is 1. The standard InChI is InChI=1S/C23H25N7O2/c31-23(28-8-10-32-11-9-28)17-2-1-3-18(12-17)29-14-21-24-6-7-30(21)22(15-29)25-20-13-19(26-27-20)16-4-5-16/h1-3,6-7,12-13,15-16H,4-5,8-11,14H2,(H2,25,26,27). The maximum absolute atomic E-state index is 13.0. The maximum Gasteiger partial charge on any atom is 0.254 e. The molecule has 2 fully saturated rings. The molecule has 2 N–H and O–H groups in total. The second-order valence-corrected chi connectivity index (χ2v) is 8.42. The van der Waals surface area contributed by atoms with E-state index in [9.17, 15) is 4.79 Å². The van der Waals surface area contributed by atoms with Crippen molar-refractivity contribution in [2.45, 2.75) is 25.3 Å². The van der Waals surface area contributed by atoms with Gasteiger partial charge in [0.15, 0.2) is 5.82 Å². The molecule has 1 saturated heterocycles. The quantitative estimate of drug-likeness (QED) is 0.646. The van der Waals surface area contributed by atoms with Crippen molar-refractivity contribution in [3.8, 4) is 0 Å². The van der Waals surface area contributed by atoms with Gasteiger partial charge in [0.2, 0.25) is 0 Å². The number of fused-ring (bicyclic) bond motifs is 1. The highest BCUT2D eigenvalue weighted by atomic mass is 16.5. The molecule has 0 bridgehead atoms. The Hall–Kier alpha value is -3.59. The molecule has 0 spiro atoms. The molecule has 2 aromatic heterocycles. The summed E-state index contributed by atoms with van der Waals surface area (Å²) in [6, 6.07) is 9.85. The lowest BCUT2D eigenvalue weighted by molar-refractivity contribution is 0.0303. The van der Waals surface area contributed by atoms with E-state index >= 15 is 0 Å². The summed E-state index contributed by atoms with van der Waals surface area (Å²) in [6.45, 7) is 3.05. The van der Waals surface area contributed by atoms with Gasteiger partial charge in [-0.2, -0.15) is 5.10 Å². The molecule has 3 aliphatic rings. The summed E-state index contributed by atoms with van der Waals surface area (Å²) in [6.07, 6.45) is 8.23. The Bertz CT molecular complexity index is 1170. The van der Waals surface area contributed by atoms with Crippen molar-refractivity contribution in [2.75, 3.05) is 36.5 Å². The number of imidazole rings is 1. The molecule has 2 aliphatic heterocycles. The zero-order chi connectivity index (χ0) is 21.5. The summed E-state index contributed by atoms with van der Waals surface area (Å²) in [7, 11) is 0. The van der Waals surface area contributed by atoms with Crippen LogP contribution in [-0.4, -0.2) is 56.9 Å². The van der Waals surface area contributed by atoms with Crippen molar-refractivity contribution < 1.29 is 9.53 Å². The van der Waals surface area contributed by atoms with E-state index in [1.165, 1.54) is 18.5 Å². The van der Waals surface area contributed by atoms with Crippen molar-refractivity contribution in [3.05, 3.63) is 66.0 Å². The second-order valence-electron chi connectivity index (χ2n) is 8.42. The van der Waals surface area contributed by atoms with Gasteiger partial charge in [0.25, 0.3) is 5.91 Å². The first-order valence-electron chi connectivity index (χ1n) is 11.0. The fraction of sp³-hybridized carbons (Fsp3) is 0.348. The van der Waals surface area contributed by atoms with Crippen molar-refractivity contribution in [2.24, 2.45) is 0 Å². The first kappa shape index (κ1) is 19.1. The number of nitrogens with one attached hydrogen (secondary N) is 2. The molecule has 3 aromatic rings. The summed E-state index contributed by atoms with van der Waals surface area (Å²) in [5.41, 5.74) is 2.81. The van der Waals surface area contributed by atoms with Crippen LogP contribution < -0.4 is 10.2 Å². The number of hydrogen-bond donors (Lipinski definition) is 2. The average Bonchev–Trinajstić information content (AvgIpc) is 3.39. The van der Waals surface area contributed by atoms with E-state index in [1.807, 2.05) is 46.1 Å². The van der Waals surface area contributed by atoms with Crippen molar-refractivity contribution in [3.63, 3.8) is 0 Å². The lowest BCUT2D eigenvalue weighted by atomic mass is 10.1. The molecule has 0 unspecified atom stereocenters. The molecule has 164 valence electrons. The second kappa shape index (κ2) is 7.83. The zero-order valence-electron chi connectivity index (χ0n) is 17.7. The highest BCUT2D eigenvalue weighted by molar-refractivity contribution is 5.95. The van der Waals surface area contributed by atoms with E-state index in [-0.39, 0.29) is 5.91 Å². The average molecular weight is 432 g/mol. The number of carbonyl (C=O) groups is 1. The van der Waals surface area contributed by atoms with Gasteiger partial charge in [-0.05, 0) is 31.0 Å². The molecule has 0 radical (unpaired) electrons. The third-order valence-corrected chi connectivity index (χ3v) is 6.16. The molecule has 1 aliphatic carbocycles. The number of hydrogen-bond acceptors (Lipinski definition) is 6. The number of carbonyl (C=O) groups excluding carboxylic acids is 1. The van der Waals surface area contributed by atoms with Crippen LogP contribution in [0.5, 0.6) is 0 Å². The Kier molecular flexibility index (Phi) is 4.68. The van der Waals surface area contributed by atoms with E-state index in [1.54, 1.807) is 6.20 Å². The van der Waals surface area contributed by atoms with Gasteiger partial charge in [0, 0.05) is 60.6 Å². The van der Waals surface area contributed by atoms with Crippen LogP contribution in [-0.2, 0) is 11.3 Å². The van der Waals surface area contributed by atoms with Crippen LogP contribution in [0.2, 0.25) is 0 Å². The molecule has 0 atom stereocenters. The Morgan fingerprint density at radius 2 is 2.06 bits per heavy atom. The van der Waals surface area contributed by atoms with E-state index in [0.717, 1.165) is 23.2 Å². The minimum absolute atomic E-state index is 0.0418. The highest BCUT2D eigenvalue weighted by Crippen LogP contribution is 2.39. The number of rotatable bonds is 5. The number of benzene rings is 1. The summed E-state index contributed by atoms with van der Waals surface area (Å²) < 4.78 is 7.41. The fourth-order valence-electron chi connectivity index (χ4n) is 4.24. The van der Waals surface area contributed by atoms with Gasteiger partial charge in [-0.15, -0.1) is 0 Å². The Labute approximate surface area is 185 Å². The van der Waals surface area contributed by atoms with Gasteiger partial charge >= 0.3 is 0 Å². The van der Waals surface area contributed by atoms with Gasteiger partial charge in [0.05, 0.1) is 19.8 Å². The Morgan fingerprint density at radius 3 is 2.91 bits per heavy atom. The normalized spacial score (nSPS) is 18.3. The van der Waals surface area contributed by atoms with Crippen LogP contribution in [0, 0.1) is 0 Å². The van der Waals surface area contributed by atoms with Crippen molar-refractivity contribution in [1.29, 1.82) is 0 Å². The molecule has 9 nitrogen and oxygen atoms in total. The molecule has 9 heteroatoms. The molecule has 1 aromatic carbocycles. The van der Waals surface area contributed by atoms with E-state index in [4.69, 9.17) is 4.74 Å². The molecule has 1 saturated carbocycles. The van der Waals surface area contributed by atoms with Crippen LogP contribution in [0.1, 0.15) is 40.6 Å². The van der Waals surface area contributed by atoms with Crippen LogP contribution in [0.25, 0.3) is 5.82 Å². The number of morpholine rings is 1. The van der Waals surface area contributed by atoms with Crippen molar-refractivity contribution >= 4 is 23.2 Å². The lowest BCUT2D eigenvalue weighted by Gasteiger charge is -2.29. The van der Waals surface area contributed by atoms with Gasteiger partial charge in [0.1, 0.15) is 11.6 Å². The van der Waals surface area contributed by atoms with Crippen LogP contribution in [0.15, 0.2) is 48.9 Å². The minimum atomic E-state index is 0.0418.